The van der Waals surface area contributed by atoms with Gasteiger partial charge in [-0.3, -0.25) is 9.89 Å². The monoisotopic (exact) mass is 143 g/mol. The molecule has 0 aliphatic heterocycles. The largest absolute Gasteiger partial charge is 0.277 e. The first-order chi connectivity index (χ1) is 4.34. The second-order valence-corrected chi connectivity index (χ2v) is 1.82. The van der Waals surface area contributed by atoms with Gasteiger partial charge in [0.05, 0.1) is 6.20 Å². The zero-order valence-electron chi connectivity index (χ0n) is 4.48. The van der Waals surface area contributed by atoms with E-state index in [1.165, 1.54) is 0 Å². The molecule has 0 aromatic carbocycles. The van der Waals surface area contributed by atoms with Gasteiger partial charge in [-0.05, 0) is 0 Å². The molecule has 0 saturated heterocycles. The SMILES string of the molecule is O=CN(S)c1ccn[nH]1. The fourth-order valence-corrected chi connectivity index (χ4v) is 0.544. The molecular formula is C4H5N3OS. The minimum absolute atomic E-state index is 0.563. The van der Waals surface area contributed by atoms with Crippen LogP contribution in [0.15, 0.2) is 12.3 Å². The van der Waals surface area contributed by atoms with Crippen LogP contribution in [0.3, 0.4) is 0 Å². The van der Waals surface area contributed by atoms with Crippen LogP contribution < -0.4 is 4.31 Å². The zero-order chi connectivity index (χ0) is 6.69. The Bertz CT molecular complexity index is 186. The molecule has 0 fully saturated rings. The summed E-state index contributed by atoms with van der Waals surface area (Å²) in [7, 11) is 0. The van der Waals surface area contributed by atoms with E-state index in [1.54, 1.807) is 12.3 Å². The average molecular weight is 143 g/mol. The first-order valence-electron chi connectivity index (χ1n) is 2.27. The van der Waals surface area contributed by atoms with Gasteiger partial charge in [-0.25, -0.2) is 4.31 Å². The molecule has 0 unspecified atom stereocenters. The molecule has 1 aromatic rings. The van der Waals surface area contributed by atoms with E-state index in [-0.39, 0.29) is 0 Å². The summed E-state index contributed by atoms with van der Waals surface area (Å²) in [5.74, 6) is 0.563. The lowest BCUT2D eigenvalue weighted by Gasteiger charge is -2.01. The number of carbonyl (C=O) groups excluding carboxylic acids is 1. The smallest absolute Gasteiger partial charge is 0.225 e. The Morgan fingerprint density at radius 1 is 1.89 bits per heavy atom. The molecule has 0 aliphatic carbocycles. The molecule has 1 N–H and O–H groups in total. The van der Waals surface area contributed by atoms with Crippen LogP contribution in [0.4, 0.5) is 5.82 Å². The standard InChI is InChI=1S/C4H5N3OS/c8-3-7(9)4-1-2-5-6-4/h1-3,9H,(H,5,6). The number of aromatic amines is 1. The molecular weight excluding hydrogens is 138 g/mol. The highest BCUT2D eigenvalue weighted by Crippen LogP contribution is 2.06. The number of nitrogens with zero attached hydrogens (tertiary/aromatic N) is 2. The number of hydrogen-bond donors (Lipinski definition) is 2. The van der Waals surface area contributed by atoms with E-state index in [4.69, 9.17) is 0 Å². The van der Waals surface area contributed by atoms with Gasteiger partial charge in [0.1, 0.15) is 5.82 Å². The van der Waals surface area contributed by atoms with Gasteiger partial charge >= 0.3 is 0 Å². The van der Waals surface area contributed by atoms with Crippen LogP contribution >= 0.6 is 12.8 Å². The molecule has 9 heavy (non-hydrogen) atoms. The highest BCUT2D eigenvalue weighted by Gasteiger charge is 1.97. The van der Waals surface area contributed by atoms with Crippen molar-refractivity contribution < 1.29 is 4.79 Å². The molecule has 1 amide bonds. The maximum atomic E-state index is 10.0. The highest BCUT2D eigenvalue weighted by atomic mass is 32.1. The predicted octanol–water partition coefficient (Wildman–Crippen LogP) is 0.217. The number of H-pyrrole nitrogens is 1. The number of aromatic nitrogens is 2. The maximum Gasteiger partial charge on any atom is 0.225 e. The third kappa shape index (κ3) is 1.23. The number of anilines is 1. The topological polar surface area (TPSA) is 49.0 Å². The highest BCUT2D eigenvalue weighted by molar-refractivity contribution is 7.82. The molecule has 0 bridgehead atoms. The fourth-order valence-electron chi connectivity index (χ4n) is 0.433. The van der Waals surface area contributed by atoms with E-state index in [0.717, 1.165) is 4.31 Å². The van der Waals surface area contributed by atoms with Crippen LogP contribution in [0.1, 0.15) is 0 Å². The first-order valence-corrected chi connectivity index (χ1v) is 2.67. The minimum Gasteiger partial charge on any atom is -0.277 e. The third-order valence-electron chi connectivity index (χ3n) is 0.833. The molecule has 1 heterocycles. The summed E-state index contributed by atoms with van der Waals surface area (Å²) in [6.07, 6.45) is 2.12. The van der Waals surface area contributed by atoms with E-state index >= 15 is 0 Å². The van der Waals surface area contributed by atoms with Crippen molar-refractivity contribution in [2.24, 2.45) is 0 Å². The van der Waals surface area contributed by atoms with Crippen molar-refractivity contribution in [3.05, 3.63) is 12.3 Å². The second-order valence-electron chi connectivity index (χ2n) is 1.39. The molecule has 4 nitrogen and oxygen atoms in total. The van der Waals surface area contributed by atoms with E-state index in [2.05, 4.69) is 23.0 Å². The molecule has 0 atom stereocenters. The van der Waals surface area contributed by atoms with Crippen LogP contribution in [-0.4, -0.2) is 16.6 Å². The first kappa shape index (κ1) is 6.15. The Hall–Kier alpha value is -0.970. The Morgan fingerprint density at radius 3 is 3.11 bits per heavy atom. The van der Waals surface area contributed by atoms with Crippen LogP contribution in [0.25, 0.3) is 0 Å². The summed E-state index contributed by atoms with van der Waals surface area (Å²) < 4.78 is 1.10. The molecule has 0 saturated carbocycles. The van der Waals surface area contributed by atoms with Crippen molar-refractivity contribution in [3.8, 4) is 0 Å². The van der Waals surface area contributed by atoms with Crippen LogP contribution in [0, 0.1) is 0 Å². The van der Waals surface area contributed by atoms with Gasteiger partial charge in [-0.15, -0.1) is 0 Å². The number of carbonyl (C=O) groups is 1. The second kappa shape index (κ2) is 2.54. The van der Waals surface area contributed by atoms with Gasteiger partial charge in [0.2, 0.25) is 6.41 Å². The van der Waals surface area contributed by atoms with Crippen molar-refractivity contribution in [1.82, 2.24) is 10.2 Å². The summed E-state index contributed by atoms with van der Waals surface area (Å²) in [6, 6.07) is 1.64. The molecule has 0 aliphatic rings. The summed E-state index contributed by atoms with van der Waals surface area (Å²) in [5, 5.41) is 6.17. The molecule has 1 aromatic heterocycles. The number of hydrogen-bond acceptors (Lipinski definition) is 3. The average Bonchev–Trinajstić information content (AvgIpc) is 2.37. The van der Waals surface area contributed by atoms with Gasteiger partial charge in [-0.1, -0.05) is 12.8 Å². The summed E-state index contributed by atoms with van der Waals surface area (Å²) >= 11 is 3.78. The normalized spacial score (nSPS) is 9.00. The van der Waals surface area contributed by atoms with Crippen LogP contribution in [0.2, 0.25) is 0 Å². The quantitative estimate of drug-likeness (QED) is 0.459. The van der Waals surface area contributed by atoms with Crippen molar-refractivity contribution in [1.29, 1.82) is 0 Å². The maximum absolute atomic E-state index is 10.0. The molecule has 0 radical (unpaired) electrons. The molecule has 1 rings (SSSR count). The number of amides is 1. The Kier molecular flexibility index (Phi) is 1.74. The third-order valence-corrected chi connectivity index (χ3v) is 1.14. The lowest BCUT2D eigenvalue weighted by molar-refractivity contribution is -0.106. The van der Waals surface area contributed by atoms with Crippen molar-refractivity contribution in [2.75, 3.05) is 4.31 Å². The van der Waals surface area contributed by atoms with Crippen LogP contribution in [-0.2, 0) is 4.79 Å². The van der Waals surface area contributed by atoms with Crippen LogP contribution in [0.5, 0.6) is 0 Å². The zero-order valence-corrected chi connectivity index (χ0v) is 5.38. The van der Waals surface area contributed by atoms with Crippen molar-refractivity contribution in [2.45, 2.75) is 0 Å². The Balaban J connectivity index is 2.76. The summed E-state index contributed by atoms with van der Waals surface area (Å²) in [5.41, 5.74) is 0. The van der Waals surface area contributed by atoms with E-state index < -0.39 is 0 Å². The van der Waals surface area contributed by atoms with E-state index in [9.17, 15) is 4.79 Å². The minimum atomic E-state index is 0.563. The lowest BCUT2D eigenvalue weighted by atomic mass is 10.6. The van der Waals surface area contributed by atoms with Gasteiger partial charge in [0.25, 0.3) is 0 Å². The Labute approximate surface area is 57.4 Å². The summed E-state index contributed by atoms with van der Waals surface area (Å²) in [4.78, 5) is 10.0. The Morgan fingerprint density at radius 2 is 2.67 bits per heavy atom. The van der Waals surface area contributed by atoms with E-state index in [0.29, 0.717) is 12.2 Å². The number of nitrogens with one attached hydrogen (secondary N) is 1. The fraction of sp³-hybridized carbons (Fsp3) is 0. The molecule has 0 spiro atoms. The van der Waals surface area contributed by atoms with Crippen molar-refractivity contribution in [3.63, 3.8) is 0 Å². The van der Waals surface area contributed by atoms with Gasteiger partial charge in [0, 0.05) is 6.07 Å². The molecule has 5 heteroatoms. The summed E-state index contributed by atoms with van der Waals surface area (Å²) in [6.45, 7) is 0. The van der Waals surface area contributed by atoms with E-state index in [1.807, 2.05) is 0 Å². The van der Waals surface area contributed by atoms with Gasteiger partial charge < -0.3 is 0 Å². The van der Waals surface area contributed by atoms with Crippen molar-refractivity contribution >= 4 is 25.0 Å². The van der Waals surface area contributed by atoms with Gasteiger partial charge in [-0.2, -0.15) is 5.10 Å². The predicted molar refractivity (Wildman–Crippen MR) is 36.1 cm³/mol. The van der Waals surface area contributed by atoms with Gasteiger partial charge in [0.15, 0.2) is 0 Å². The number of rotatable bonds is 2. The molecule has 48 valence electrons. The number of thiol groups is 1. The lowest BCUT2D eigenvalue weighted by Crippen LogP contribution is -2.06.